The molecule has 0 bridgehead atoms. The second kappa shape index (κ2) is 13.4. The maximum Gasteiger partial charge on any atom is 0.219 e. The fourth-order valence-corrected chi connectivity index (χ4v) is 3.29. The van der Waals surface area contributed by atoms with Gasteiger partial charge in [-0.25, -0.2) is 9.97 Å². The van der Waals surface area contributed by atoms with Crippen LogP contribution < -0.4 is 0 Å². The molecule has 3 heterocycles. The SMILES string of the molecule is CC.Cc1ccccc1-n1cnc2nncnc21.Cc1ccccc1C.c1ccc2nnccc2c1. The third-order valence-corrected chi connectivity index (χ3v) is 5.33. The average Bonchev–Trinajstić information content (AvgIpc) is 3.37. The fourth-order valence-electron chi connectivity index (χ4n) is 3.29. The Bertz CT molecular complexity index is 1420. The van der Waals surface area contributed by atoms with Crippen LogP contribution in [0.4, 0.5) is 0 Å². The smallest absolute Gasteiger partial charge is 0.219 e. The molecule has 0 aliphatic rings. The molecule has 0 fully saturated rings. The molecule has 36 heavy (non-hydrogen) atoms. The summed E-state index contributed by atoms with van der Waals surface area (Å²) in [4.78, 5) is 8.35. The van der Waals surface area contributed by atoms with E-state index in [1.54, 1.807) is 12.5 Å². The Morgan fingerprint density at radius 3 is 1.92 bits per heavy atom. The Balaban J connectivity index is 0.000000156. The molecule has 0 atom stereocenters. The Hall–Kier alpha value is -4.52. The quantitative estimate of drug-likeness (QED) is 0.270. The Kier molecular flexibility index (Phi) is 9.70. The van der Waals surface area contributed by atoms with Crippen LogP contribution in [0.3, 0.4) is 0 Å². The van der Waals surface area contributed by atoms with Crippen molar-refractivity contribution in [2.45, 2.75) is 34.6 Å². The molecule has 0 unspecified atom stereocenters. The number of hydrogen-bond acceptors (Lipinski definition) is 6. The van der Waals surface area contributed by atoms with Crippen molar-refractivity contribution in [3.63, 3.8) is 0 Å². The van der Waals surface area contributed by atoms with Gasteiger partial charge in [-0.1, -0.05) is 74.5 Å². The van der Waals surface area contributed by atoms with Crippen LogP contribution in [0.15, 0.2) is 97.7 Å². The topological polar surface area (TPSA) is 82.3 Å². The van der Waals surface area contributed by atoms with Gasteiger partial charge in [0.25, 0.3) is 0 Å². The highest BCUT2D eigenvalue weighted by atomic mass is 15.2. The molecule has 0 amide bonds. The number of para-hydroxylation sites is 1. The van der Waals surface area contributed by atoms with Gasteiger partial charge >= 0.3 is 0 Å². The first kappa shape index (κ1) is 26.1. The van der Waals surface area contributed by atoms with Gasteiger partial charge in [0.2, 0.25) is 5.65 Å². The van der Waals surface area contributed by atoms with E-state index in [1.807, 2.05) is 66.9 Å². The monoisotopic (exact) mass is 477 g/mol. The van der Waals surface area contributed by atoms with Crippen molar-refractivity contribution in [1.82, 2.24) is 34.9 Å². The maximum absolute atomic E-state index is 4.19. The number of hydrogen-bond donors (Lipinski definition) is 0. The second-order valence-corrected chi connectivity index (χ2v) is 7.68. The third kappa shape index (κ3) is 6.76. The zero-order valence-electron chi connectivity index (χ0n) is 21.4. The molecule has 0 radical (unpaired) electrons. The summed E-state index contributed by atoms with van der Waals surface area (Å²) in [5.74, 6) is 0. The number of rotatable bonds is 1. The van der Waals surface area contributed by atoms with Crippen molar-refractivity contribution in [3.05, 3.63) is 114 Å². The summed E-state index contributed by atoms with van der Waals surface area (Å²) in [7, 11) is 0. The normalized spacial score (nSPS) is 9.81. The summed E-state index contributed by atoms with van der Waals surface area (Å²) in [6.07, 6.45) is 4.84. The first-order valence-corrected chi connectivity index (χ1v) is 11.9. The summed E-state index contributed by atoms with van der Waals surface area (Å²) in [6, 6.07) is 26.3. The van der Waals surface area contributed by atoms with Crippen molar-refractivity contribution >= 4 is 22.2 Å². The molecule has 0 saturated heterocycles. The minimum atomic E-state index is 0.561. The highest BCUT2D eigenvalue weighted by Crippen LogP contribution is 2.17. The minimum absolute atomic E-state index is 0.561. The third-order valence-electron chi connectivity index (χ3n) is 5.33. The molecule has 182 valence electrons. The lowest BCUT2D eigenvalue weighted by atomic mass is 10.1. The van der Waals surface area contributed by atoms with Crippen LogP contribution in [0.25, 0.3) is 27.9 Å². The lowest BCUT2D eigenvalue weighted by Crippen LogP contribution is -1.97. The molecule has 0 saturated carbocycles. The molecule has 0 N–H and O–H groups in total. The predicted molar refractivity (Wildman–Crippen MR) is 146 cm³/mol. The van der Waals surface area contributed by atoms with E-state index >= 15 is 0 Å². The number of aromatic nitrogens is 7. The van der Waals surface area contributed by atoms with Gasteiger partial charge in [0, 0.05) is 5.39 Å². The summed E-state index contributed by atoms with van der Waals surface area (Å²) in [6.45, 7) is 10.3. The van der Waals surface area contributed by atoms with E-state index in [-0.39, 0.29) is 0 Å². The highest BCUT2D eigenvalue weighted by molar-refractivity contribution is 5.77. The van der Waals surface area contributed by atoms with E-state index in [2.05, 4.69) is 81.5 Å². The summed E-state index contributed by atoms with van der Waals surface area (Å²) in [5, 5.41) is 16.4. The van der Waals surface area contributed by atoms with Gasteiger partial charge < -0.3 is 0 Å². The zero-order valence-corrected chi connectivity index (χ0v) is 21.4. The van der Waals surface area contributed by atoms with Crippen molar-refractivity contribution < 1.29 is 0 Å². The van der Waals surface area contributed by atoms with Gasteiger partial charge in [-0.3, -0.25) is 4.57 Å². The Morgan fingerprint density at radius 2 is 1.25 bits per heavy atom. The van der Waals surface area contributed by atoms with Gasteiger partial charge in [0.05, 0.1) is 17.4 Å². The van der Waals surface area contributed by atoms with Crippen LogP contribution in [0, 0.1) is 20.8 Å². The van der Waals surface area contributed by atoms with E-state index in [4.69, 9.17) is 0 Å². The molecule has 0 spiro atoms. The summed E-state index contributed by atoms with van der Waals surface area (Å²) < 4.78 is 1.92. The highest BCUT2D eigenvalue weighted by Gasteiger charge is 2.07. The number of aryl methyl sites for hydroxylation is 3. The summed E-state index contributed by atoms with van der Waals surface area (Å²) >= 11 is 0. The van der Waals surface area contributed by atoms with Crippen molar-refractivity contribution in [3.8, 4) is 5.69 Å². The molecule has 3 aromatic heterocycles. The predicted octanol–water partition coefficient (Wildman–Crippen LogP) is 6.48. The molecule has 3 aromatic carbocycles. The van der Waals surface area contributed by atoms with Gasteiger partial charge in [-0.2, -0.15) is 10.2 Å². The Labute approximate surface area is 211 Å². The van der Waals surface area contributed by atoms with E-state index in [1.165, 1.54) is 23.0 Å². The van der Waals surface area contributed by atoms with Crippen LogP contribution in [-0.2, 0) is 0 Å². The lowest BCUT2D eigenvalue weighted by Gasteiger charge is -2.05. The summed E-state index contributed by atoms with van der Waals surface area (Å²) in [5.41, 5.74) is 7.20. The fraction of sp³-hybridized carbons (Fsp3) is 0.172. The van der Waals surface area contributed by atoms with Crippen molar-refractivity contribution in [1.29, 1.82) is 0 Å². The first-order valence-electron chi connectivity index (χ1n) is 11.9. The molecular formula is C29H31N7. The van der Waals surface area contributed by atoms with Crippen molar-refractivity contribution in [2.75, 3.05) is 0 Å². The van der Waals surface area contributed by atoms with E-state index in [0.29, 0.717) is 5.65 Å². The largest absolute Gasteiger partial charge is 0.282 e. The van der Waals surface area contributed by atoms with Crippen LogP contribution in [-0.4, -0.2) is 34.9 Å². The van der Waals surface area contributed by atoms with Gasteiger partial charge in [0.15, 0.2) is 5.65 Å². The second-order valence-electron chi connectivity index (χ2n) is 7.68. The molecular weight excluding hydrogens is 446 g/mol. The molecule has 6 rings (SSSR count). The Morgan fingerprint density at radius 1 is 0.611 bits per heavy atom. The number of imidazole rings is 1. The average molecular weight is 478 g/mol. The van der Waals surface area contributed by atoms with E-state index < -0.39 is 0 Å². The molecule has 7 nitrogen and oxygen atoms in total. The maximum atomic E-state index is 4.19. The van der Waals surface area contributed by atoms with E-state index in [9.17, 15) is 0 Å². The lowest BCUT2D eigenvalue weighted by molar-refractivity contribution is 0.992. The molecule has 0 aliphatic heterocycles. The van der Waals surface area contributed by atoms with Gasteiger partial charge in [-0.05, 0) is 55.7 Å². The number of nitrogens with zero attached hydrogens (tertiary/aromatic N) is 7. The molecule has 0 aliphatic carbocycles. The van der Waals surface area contributed by atoms with Crippen molar-refractivity contribution in [2.24, 2.45) is 0 Å². The van der Waals surface area contributed by atoms with Crippen LogP contribution in [0.5, 0.6) is 0 Å². The zero-order chi connectivity index (χ0) is 25.8. The molecule has 7 heteroatoms. The van der Waals surface area contributed by atoms with Crippen LogP contribution in [0.1, 0.15) is 30.5 Å². The van der Waals surface area contributed by atoms with Crippen LogP contribution >= 0.6 is 0 Å². The van der Waals surface area contributed by atoms with Crippen LogP contribution in [0.2, 0.25) is 0 Å². The number of fused-ring (bicyclic) bond motifs is 2. The minimum Gasteiger partial charge on any atom is -0.282 e. The van der Waals surface area contributed by atoms with E-state index in [0.717, 1.165) is 22.2 Å². The standard InChI is InChI=1S/C11H9N5.C8H6N2.C8H10.C2H6/c1-8-4-2-3-5-9(8)16-7-13-10-11(16)12-6-14-15-10;1-2-4-8-7(3-1)5-6-9-10-8;1-7-5-3-4-6-8(7)2;1-2/h2-7H,1H3;1-6H;3-6H,1-2H3;1-2H3. The van der Waals surface area contributed by atoms with Gasteiger partial charge in [-0.15, -0.1) is 10.2 Å². The first-order chi connectivity index (χ1) is 17.6. The molecule has 6 aromatic rings. The van der Waals surface area contributed by atoms with Gasteiger partial charge in [0.1, 0.15) is 12.7 Å². The number of benzene rings is 3.